The molecule has 32 heavy (non-hydrogen) atoms. The molecule has 0 radical (unpaired) electrons. The number of ether oxygens (including phenoxy) is 1. The quantitative estimate of drug-likeness (QED) is 0.352. The number of amides is 1. The molecule has 3 rings (SSSR count). The second-order valence-corrected chi connectivity index (χ2v) is 7.16. The molecule has 0 fully saturated rings. The van der Waals surface area contributed by atoms with E-state index in [2.05, 4.69) is 16.5 Å². The number of hydrogen-bond acceptors (Lipinski definition) is 5. The zero-order valence-corrected chi connectivity index (χ0v) is 17.6. The number of halogens is 1. The summed E-state index contributed by atoms with van der Waals surface area (Å²) in [4.78, 5) is 12.8. The van der Waals surface area contributed by atoms with Crippen LogP contribution in [0.3, 0.4) is 0 Å². The molecule has 0 atom stereocenters. The van der Waals surface area contributed by atoms with Crippen LogP contribution in [0.1, 0.15) is 38.3 Å². The Bertz CT molecular complexity index is 1160. The van der Waals surface area contributed by atoms with Gasteiger partial charge in [0.15, 0.2) is 0 Å². The Morgan fingerprint density at radius 3 is 2.53 bits per heavy atom. The number of nitrogens with one attached hydrogen (secondary N) is 2. The highest BCUT2D eigenvalue weighted by Gasteiger charge is 2.18. The number of carbonyl (C=O) groups is 1. The van der Waals surface area contributed by atoms with Crippen LogP contribution in [-0.2, 0) is 30.9 Å². The molecular weight excluding hydrogens is 411 g/mol. The molecule has 9 heteroatoms. The molecule has 164 valence electrons. The largest absolute Gasteiger partial charge is 0.384 e. The van der Waals surface area contributed by atoms with Crippen LogP contribution in [0, 0.1) is 22.6 Å². The third kappa shape index (κ3) is 5.36. The molecule has 0 spiro atoms. The molecule has 0 aliphatic carbocycles. The van der Waals surface area contributed by atoms with Crippen molar-refractivity contribution < 1.29 is 13.9 Å². The lowest BCUT2D eigenvalue weighted by atomic mass is 10.1. The molecule has 0 aliphatic heterocycles. The van der Waals surface area contributed by atoms with Crippen LogP contribution in [0.15, 0.2) is 48.7 Å². The first kappa shape index (κ1) is 22.7. The lowest BCUT2D eigenvalue weighted by Crippen LogP contribution is -2.24. The lowest BCUT2D eigenvalue weighted by molar-refractivity contribution is 0.0945. The number of nitrogens with zero attached hydrogens (tertiary/aromatic N) is 3. The van der Waals surface area contributed by atoms with Gasteiger partial charge in [-0.2, -0.15) is 10.4 Å². The van der Waals surface area contributed by atoms with Crippen molar-refractivity contribution in [1.82, 2.24) is 15.1 Å². The number of rotatable bonds is 9. The molecule has 0 aliphatic rings. The first-order chi connectivity index (χ1) is 15.4. The van der Waals surface area contributed by atoms with Crippen molar-refractivity contribution in [2.75, 3.05) is 7.11 Å². The van der Waals surface area contributed by atoms with E-state index in [9.17, 15) is 9.18 Å². The molecule has 8 nitrogen and oxygen atoms in total. The summed E-state index contributed by atoms with van der Waals surface area (Å²) in [5.41, 5.74) is 8.77. The molecule has 4 N–H and O–H groups in total. The van der Waals surface area contributed by atoms with Crippen LogP contribution >= 0.6 is 0 Å². The first-order valence-electron chi connectivity index (χ1n) is 9.82. The van der Waals surface area contributed by atoms with Gasteiger partial charge in [-0.05, 0) is 28.8 Å². The fraction of sp³-hybridized carbons (Fsp3) is 0.217. The van der Waals surface area contributed by atoms with Crippen molar-refractivity contribution >= 4 is 11.7 Å². The number of benzene rings is 2. The minimum atomic E-state index is -0.613. The minimum absolute atomic E-state index is 0.0180. The Hall–Kier alpha value is -4.03. The topological polar surface area (TPSA) is 130 Å². The van der Waals surface area contributed by atoms with Gasteiger partial charge in [0.05, 0.1) is 48.7 Å². The maximum Gasteiger partial charge on any atom is 0.255 e. The molecule has 2 aromatic carbocycles. The van der Waals surface area contributed by atoms with E-state index in [1.165, 1.54) is 25.4 Å². The molecule has 3 aromatic rings. The van der Waals surface area contributed by atoms with Gasteiger partial charge in [0.25, 0.3) is 5.91 Å². The van der Waals surface area contributed by atoms with Crippen LogP contribution in [0.5, 0.6) is 0 Å². The Labute approximate surface area is 184 Å². The summed E-state index contributed by atoms with van der Waals surface area (Å²) in [6.45, 7) is 0.736. The van der Waals surface area contributed by atoms with E-state index < -0.39 is 5.82 Å². The van der Waals surface area contributed by atoms with Crippen molar-refractivity contribution in [3.05, 3.63) is 88.0 Å². The van der Waals surface area contributed by atoms with Gasteiger partial charge >= 0.3 is 0 Å². The van der Waals surface area contributed by atoms with E-state index in [0.717, 1.165) is 11.1 Å². The third-order valence-electron chi connectivity index (χ3n) is 4.89. The van der Waals surface area contributed by atoms with E-state index in [4.69, 9.17) is 21.1 Å². The molecule has 0 unspecified atom stereocenters. The second kappa shape index (κ2) is 10.3. The summed E-state index contributed by atoms with van der Waals surface area (Å²) >= 11 is 0. The van der Waals surface area contributed by atoms with Crippen molar-refractivity contribution in [3.8, 4) is 6.07 Å². The second-order valence-electron chi connectivity index (χ2n) is 7.16. The van der Waals surface area contributed by atoms with Gasteiger partial charge in [0.2, 0.25) is 0 Å². The Morgan fingerprint density at radius 1 is 1.22 bits per heavy atom. The molecule has 1 aromatic heterocycles. The fourth-order valence-corrected chi connectivity index (χ4v) is 3.22. The number of nitriles is 1. The van der Waals surface area contributed by atoms with E-state index in [1.807, 2.05) is 24.3 Å². The average molecular weight is 434 g/mol. The highest BCUT2D eigenvalue weighted by atomic mass is 19.1. The highest BCUT2D eigenvalue weighted by Crippen LogP contribution is 2.15. The summed E-state index contributed by atoms with van der Waals surface area (Å²) in [5.74, 6) is -1.32. The van der Waals surface area contributed by atoms with Crippen molar-refractivity contribution in [3.63, 3.8) is 0 Å². The number of nitrogen functional groups attached to an aromatic ring is 1. The summed E-state index contributed by atoms with van der Waals surface area (Å²) in [6.07, 6.45) is 1.83. The maximum absolute atomic E-state index is 14.0. The molecule has 1 amide bonds. The fourth-order valence-electron chi connectivity index (χ4n) is 3.22. The SMILES string of the molecule is COCc1c(C(=O)NCc2ccc(C(=N)N)c(F)c2)cnn1Cc1ccc(CC#N)cc1. The van der Waals surface area contributed by atoms with Crippen molar-refractivity contribution in [2.45, 2.75) is 26.1 Å². The molecular formula is C23H23FN6O2. The summed E-state index contributed by atoms with van der Waals surface area (Å²) in [5, 5.41) is 23.2. The lowest BCUT2D eigenvalue weighted by Gasteiger charge is -2.10. The van der Waals surface area contributed by atoms with Crippen LogP contribution < -0.4 is 11.1 Å². The van der Waals surface area contributed by atoms with E-state index in [-0.39, 0.29) is 30.5 Å². The van der Waals surface area contributed by atoms with Crippen molar-refractivity contribution in [1.29, 1.82) is 10.7 Å². The zero-order valence-electron chi connectivity index (χ0n) is 17.6. The Balaban J connectivity index is 1.72. The monoisotopic (exact) mass is 434 g/mol. The van der Waals surface area contributed by atoms with Gasteiger partial charge in [0, 0.05) is 13.7 Å². The number of hydrogen-bond donors (Lipinski definition) is 3. The summed E-state index contributed by atoms with van der Waals surface area (Å²) < 4.78 is 21.0. The van der Waals surface area contributed by atoms with Crippen LogP contribution in [0.4, 0.5) is 4.39 Å². The number of nitrogens with two attached hydrogens (primary N) is 1. The summed E-state index contributed by atoms with van der Waals surface area (Å²) in [7, 11) is 1.54. The van der Waals surface area contributed by atoms with Gasteiger partial charge in [-0.25, -0.2) is 4.39 Å². The standard InChI is InChI=1S/C23H23FN6O2/c1-32-14-21-19(12-29-30(21)13-16-4-2-15(3-5-16)8-9-25)23(31)28-11-17-6-7-18(22(26)27)20(24)10-17/h2-7,10,12H,8,11,13-14H2,1H3,(H3,26,27)(H,28,31). The van der Waals surface area contributed by atoms with Crippen LogP contribution in [0.25, 0.3) is 0 Å². The average Bonchev–Trinajstić information content (AvgIpc) is 3.16. The van der Waals surface area contributed by atoms with Gasteiger partial charge in [-0.3, -0.25) is 14.9 Å². The number of aromatic nitrogens is 2. The van der Waals surface area contributed by atoms with E-state index in [0.29, 0.717) is 29.8 Å². The van der Waals surface area contributed by atoms with Crippen LogP contribution in [-0.4, -0.2) is 28.6 Å². The normalized spacial score (nSPS) is 10.5. The van der Waals surface area contributed by atoms with Gasteiger partial charge in [-0.1, -0.05) is 30.3 Å². The molecule has 1 heterocycles. The van der Waals surface area contributed by atoms with Gasteiger partial charge in [0.1, 0.15) is 11.7 Å². The van der Waals surface area contributed by atoms with E-state index >= 15 is 0 Å². The zero-order chi connectivity index (χ0) is 23.1. The van der Waals surface area contributed by atoms with Gasteiger partial charge < -0.3 is 15.8 Å². The predicted octanol–water partition coefficient (Wildman–Crippen LogP) is 2.50. The maximum atomic E-state index is 14.0. The molecule has 0 saturated carbocycles. The Morgan fingerprint density at radius 2 is 1.91 bits per heavy atom. The van der Waals surface area contributed by atoms with E-state index in [1.54, 1.807) is 10.7 Å². The number of carbonyl (C=O) groups excluding carboxylic acids is 1. The minimum Gasteiger partial charge on any atom is -0.384 e. The van der Waals surface area contributed by atoms with Crippen molar-refractivity contribution in [2.24, 2.45) is 5.73 Å². The molecule has 0 bridgehead atoms. The smallest absolute Gasteiger partial charge is 0.255 e. The Kier molecular flexibility index (Phi) is 7.31. The number of methoxy groups -OCH3 is 1. The third-order valence-corrected chi connectivity index (χ3v) is 4.89. The first-order valence-corrected chi connectivity index (χ1v) is 9.82. The summed E-state index contributed by atoms with van der Waals surface area (Å²) in [6, 6.07) is 14.0. The highest BCUT2D eigenvalue weighted by molar-refractivity contribution is 5.96. The number of amidine groups is 1. The van der Waals surface area contributed by atoms with Crippen LogP contribution in [0.2, 0.25) is 0 Å². The molecule has 0 saturated heterocycles. The van der Waals surface area contributed by atoms with Gasteiger partial charge in [-0.15, -0.1) is 0 Å². The predicted molar refractivity (Wildman–Crippen MR) is 116 cm³/mol.